The van der Waals surface area contributed by atoms with Gasteiger partial charge in [0.15, 0.2) is 0 Å². The fourth-order valence-corrected chi connectivity index (χ4v) is 4.05. The Balaban J connectivity index is 1.55. The lowest BCUT2D eigenvalue weighted by atomic mass is 10.1. The Hall–Kier alpha value is -2.42. The number of carbonyl (C=O) groups excluding carboxylic acids is 1. The van der Waals surface area contributed by atoms with E-state index in [1.165, 1.54) is 12.1 Å². The molecule has 3 rings (SSSR count). The molecule has 0 radical (unpaired) electrons. The van der Waals surface area contributed by atoms with Crippen LogP contribution in [0.25, 0.3) is 0 Å². The fraction of sp³-hybridized carbons (Fsp3) is 0.409. The predicted octanol–water partition coefficient (Wildman–Crippen LogP) is 2.60. The predicted molar refractivity (Wildman–Crippen MR) is 114 cm³/mol. The van der Waals surface area contributed by atoms with E-state index in [4.69, 9.17) is 9.47 Å². The summed E-state index contributed by atoms with van der Waals surface area (Å²) in [6.07, 6.45) is -0.209. The van der Waals surface area contributed by atoms with Gasteiger partial charge in [0, 0.05) is 6.54 Å². The Morgan fingerprint density at radius 2 is 1.87 bits per heavy atom. The number of rotatable bonds is 8. The molecule has 0 spiro atoms. The molecule has 0 unspecified atom stereocenters. The van der Waals surface area contributed by atoms with Gasteiger partial charge in [-0.25, -0.2) is 13.1 Å². The Morgan fingerprint density at radius 3 is 2.53 bits per heavy atom. The van der Waals surface area contributed by atoms with Crippen molar-refractivity contribution in [3.05, 3.63) is 60.2 Å². The molecule has 1 atom stereocenters. The highest BCUT2D eigenvalue weighted by Gasteiger charge is 2.26. The summed E-state index contributed by atoms with van der Waals surface area (Å²) in [5, 5.41) is 0. The topological polar surface area (TPSA) is 84.9 Å². The summed E-state index contributed by atoms with van der Waals surface area (Å²) in [5.74, 6) is 0.710. The van der Waals surface area contributed by atoms with Crippen molar-refractivity contribution in [2.75, 3.05) is 32.8 Å². The molecule has 1 fully saturated rings. The van der Waals surface area contributed by atoms with Gasteiger partial charge in [-0.15, -0.1) is 0 Å². The number of ether oxygens (including phenoxy) is 2. The normalized spacial score (nSPS) is 17.2. The van der Waals surface area contributed by atoms with Crippen LogP contribution in [0.2, 0.25) is 0 Å². The van der Waals surface area contributed by atoms with Gasteiger partial charge in [-0.1, -0.05) is 44.2 Å². The number of nitrogens with one attached hydrogen (secondary N) is 1. The lowest BCUT2D eigenvalue weighted by Gasteiger charge is -2.33. The summed E-state index contributed by atoms with van der Waals surface area (Å²) in [7, 11) is -3.79. The van der Waals surface area contributed by atoms with Gasteiger partial charge in [0.05, 0.1) is 31.2 Å². The molecule has 7 nitrogen and oxygen atoms in total. The summed E-state index contributed by atoms with van der Waals surface area (Å²) in [4.78, 5) is 14.3. The third-order valence-electron chi connectivity index (χ3n) is 4.72. The van der Waals surface area contributed by atoms with Gasteiger partial charge in [-0.3, -0.25) is 4.79 Å². The number of morpholine rings is 1. The number of benzene rings is 2. The van der Waals surface area contributed by atoms with E-state index >= 15 is 0 Å². The van der Waals surface area contributed by atoms with Crippen LogP contribution >= 0.6 is 0 Å². The molecule has 30 heavy (non-hydrogen) atoms. The van der Waals surface area contributed by atoms with Crippen LogP contribution in [0.4, 0.5) is 0 Å². The number of hydrogen-bond donors (Lipinski definition) is 1. The van der Waals surface area contributed by atoms with Crippen molar-refractivity contribution in [3.63, 3.8) is 0 Å². The quantitative estimate of drug-likeness (QED) is 0.693. The van der Waals surface area contributed by atoms with Crippen molar-refractivity contribution < 1.29 is 22.7 Å². The summed E-state index contributed by atoms with van der Waals surface area (Å²) in [6.45, 7) is 5.58. The van der Waals surface area contributed by atoms with Crippen LogP contribution in [0.5, 0.6) is 5.75 Å². The SMILES string of the molecule is CC(C)COc1ccc(S(=O)(=O)NCC(=O)N2CCO[C@@H](c3ccccc3)C2)cc1. The number of amides is 1. The Morgan fingerprint density at radius 1 is 1.17 bits per heavy atom. The van der Waals surface area contributed by atoms with Crippen molar-refractivity contribution in [2.45, 2.75) is 24.8 Å². The molecule has 1 heterocycles. The number of hydrogen-bond acceptors (Lipinski definition) is 5. The third-order valence-corrected chi connectivity index (χ3v) is 6.14. The zero-order chi connectivity index (χ0) is 21.6. The smallest absolute Gasteiger partial charge is 0.241 e. The average molecular weight is 433 g/mol. The Bertz CT molecular complexity index is 930. The molecule has 0 bridgehead atoms. The van der Waals surface area contributed by atoms with Gasteiger partial charge in [0.2, 0.25) is 15.9 Å². The van der Waals surface area contributed by atoms with Crippen molar-refractivity contribution in [1.82, 2.24) is 9.62 Å². The van der Waals surface area contributed by atoms with E-state index in [0.29, 0.717) is 38.0 Å². The second kappa shape index (κ2) is 10.1. The van der Waals surface area contributed by atoms with Crippen molar-refractivity contribution >= 4 is 15.9 Å². The van der Waals surface area contributed by atoms with Gasteiger partial charge < -0.3 is 14.4 Å². The molecule has 1 N–H and O–H groups in total. The van der Waals surface area contributed by atoms with Crippen LogP contribution in [0.15, 0.2) is 59.5 Å². The van der Waals surface area contributed by atoms with E-state index in [-0.39, 0.29) is 23.5 Å². The summed E-state index contributed by atoms with van der Waals surface area (Å²) in [6, 6.07) is 15.9. The highest BCUT2D eigenvalue weighted by molar-refractivity contribution is 7.89. The molecule has 162 valence electrons. The van der Waals surface area contributed by atoms with Crippen molar-refractivity contribution in [2.24, 2.45) is 5.92 Å². The molecule has 8 heteroatoms. The molecular formula is C22H28N2O5S. The van der Waals surface area contributed by atoms with Crippen LogP contribution < -0.4 is 9.46 Å². The van der Waals surface area contributed by atoms with Gasteiger partial charge in [0.1, 0.15) is 11.9 Å². The zero-order valence-corrected chi connectivity index (χ0v) is 18.1. The Kier molecular flexibility index (Phi) is 7.47. The summed E-state index contributed by atoms with van der Waals surface area (Å²) in [5.41, 5.74) is 0.996. The summed E-state index contributed by atoms with van der Waals surface area (Å²) < 4.78 is 38.8. The molecule has 1 saturated heterocycles. The molecule has 1 aliphatic rings. The van der Waals surface area contributed by atoms with Crippen molar-refractivity contribution in [3.8, 4) is 5.75 Å². The standard InChI is InChI=1S/C22H28N2O5S/c1-17(2)16-29-19-8-10-20(11-9-19)30(26,27)23-14-22(25)24-12-13-28-21(15-24)18-6-4-3-5-7-18/h3-11,17,21,23H,12-16H2,1-2H3/t21-/m1/s1. The maximum absolute atomic E-state index is 12.6. The Labute approximate surface area is 178 Å². The largest absolute Gasteiger partial charge is 0.493 e. The van der Waals surface area contributed by atoms with Crippen LogP contribution in [0, 0.1) is 5.92 Å². The molecule has 2 aromatic rings. The highest BCUT2D eigenvalue weighted by atomic mass is 32.2. The second-order valence-corrected chi connectivity index (χ2v) is 9.38. The van der Waals surface area contributed by atoms with E-state index < -0.39 is 10.0 Å². The van der Waals surface area contributed by atoms with Crippen LogP contribution in [-0.2, 0) is 19.6 Å². The monoisotopic (exact) mass is 432 g/mol. The first-order chi connectivity index (χ1) is 14.3. The van der Waals surface area contributed by atoms with E-state index in [2.05, 4.69) is 4.72 Å². The van der Waals surface area contributed by atoms with E-state index in [1.807, 2.05) is 44.2 Å². The maximum atomic E-state index is 12.6. The molecule has 2 aromatic carbocycles. The summed E-state index contributed by atoms with van der Waals surface area (Å²) >= 11 is 0. The molecular weight excluding hydrogens is 404 g/mol. The van der Waals surface area contributed by atoms with E-state index in [9.17, 15) is 13.2 Å². The number of nitrogens with zero attached hydrogens (tertiary/aromatic N) is 1. The van der Waals surface area contributed by atoms with Gasteiger partial charge in [-0.05, 0) is 35.7 Å². The third kappa shape index (κ3) is 6.04. The fourth-order valence-electron chi connectivity index (χ4n) is 3.07. The highest BCUT2D eigenvalue weighted by Crippen LogP contribution is 2.22. The first-order valence-corrected chi connectivity index (χ1v) is 11.5. The number of carbonyl (C=O) groups is 1. The average Bonchev–Trinajstić information content (AvgIpc) is 2.77. The van der Waals surface area contributed by atoms with Gasteiger partial charge in [0.25, 0.3) is 0 Å². The maximum Gasteiger partial charge on any atom is 0.241 e. The van der Waals surface area contributed by atoms with Crippen molar-refractivity contribution in [1.29, 1.82) is 0 Å². The minimum Gasteiger partial charge on any atom is -0.493 e. The minimum absolute atomic E-state index is 0.0938. The van der Waals surface area contributed by atoms with E-state index in [1.54, 1.807) is 17.0 Å². The minimum atomic E-state index is -3.79. The van der Waals surface area contributed by atoms with Gasteiger partial charge >= 0.3 is 0 Å². The van der Waals surface area contributed by atoms with Crippen LogP contribution in [-0.4, -0.2) is 52.1 Å². The molecule has 1 aliphatic heterocycles. The molecule has 1 amide bonds. The number of sulfonamides is 1. The zero-order valence-electron chi connectivity index (χ0n) is 17.3. The molecule has 0 aliphatic carbocycles. The second-order valence-electron chi connectivity index (χ2n) is 7.61. The van der Waals surface area contributed by atoms with Crippen LogP contribution in [0.1, 0.15) is 25.5 Å². The molecule has 0 saturated carbocycles. The first-order valence-electron chi connectivity index (χ1n) is 10.0. The van der Waals surface area contributed by atoms with Crippen LogP contribution in [0.3, 0.4) is 0 Å². The first kappa shape index (κ1) is 22.3. The lowest BCUT2D eigenvalue weighted by molar-refractivity contribution is -0.137. The lowest BCUT2D eigenvalue weighted by Crippen LogP contribution is -2.46. The molecule has 0 aromatic heterocycles. The van der Waals surface area contributed by atoms with E-state index in [0.717, 1.165) is 5.56 Å². The van der Waals surface area contributed by atoms with Gasteiger partial charge in [-0.2, -0.15) is 0 Å².